The first-order valence-electron chi connectivity index (χ1n) is 7.64. The summed E-state index contributed by atoms with van der Waals surface area (Å²) in [6.07, 6.45) is 6.01. The molecule has 0 bridgehead atoms. The van der Waals surface area contributed by atoms with E-state index in [9.17, 15) is 4.79 Å². The largest absolute Gasteiger partial charge is 0.466 e. The van der Waals surface area contributed by atoms with Crippen molar-refractivity contribution >= 4 is 5.97 Å². The van der Waals surface area contributed by atoms with Gasteiger partial charge in [0.25, 0.3) is 0 Å². The van der Waals surface area contributed by atoms with Gasteiger partial charge in [0.15, 0.2) is 0 Å². The topological polar surface area (TPSA) is 26.3 Å². The molecule has 0 radical (unpaired) electrons. The van der Waals surface area contributed by atoms with Gasteiger partial charge in [0.2, 0.25) is 0 Å². The normalized spacial score (nSPS) is 32.6. The van der Waals surface area contributed by atoms with E-state index < -0.39 is 0 Å². The van der Waals surface area contributed by atoms with Gasteiger partial charge in [-0.3, -0.25) is 4.79 Å². The van der Waals surface area contributed by atoms with Crippen LogP contribution in [0.1, 0.15) is 66.7 Å². The van der Waals surface area contributed by atoms with E-state index in [1.807, 2.05) is 0 Å². The minimum absolute atomic E-state index is 0.161. The molecule has 19 heavy (non-hydrogen) atoms. The van der Waals surface area contributed by atoms with E-state index in [0.29, 0.717) is 17.4 Å². The van der Waals surface area contributed by atoms with Gasteiger partial charge >= 0.3 is 5.97 Å². The average molecular weight is 264 g/mol. The third kappa shape index (κ3) is 2.73. The molecule has 0 aromatic rings. The second kappa shape index (κ2) is 4.96. The highest BCUT2D eigenvalue weighted by Crippen LogP contribution is 2.61. The first-order valence-corrected chi connectivity index (χ1v) is 7.64. The van der Waals surface area contributed by atoms with Crippen LogP contribution in [-0.4, -0.2) is 12.6 Å². The molecule has 0 N–H and O–H groups in total. The molecule has 108 valence electrons. The molecule has 0 amide bonds. The molecule has 0 saturated heterocycles. The van der Waals surface area contributed by atoms with E-state index in [0.717, 1.165) is 18.8 Å². The molecule has 2 aliphatic rings. The van der Waals surface area contributed by atoms with E-state index in [4.69, 9.17) is 4.74 Å². The zero-order chi connectivity index (χ0) is 14.3. The van der Waals surface area contributed by atoms with Crippen molar-refractivity contribution in [2.75, 3.05) is 6.61 Å². The molecule has 2 aliphatic carbocycles. The summed E-state index contributed by atoms with van der Waals surface area (Å²) < 4.78 is 5.08. The van der Waals surface area contributed by atoms with Gasteiger partial charge in [-0.2, -0.15) is 0 Å². The zero-order valence-electron chi connectivity index (χ0n) is 13.1. The lowest BCUT2D eigenvalue weighted by molar-refractivity contribution is -0.141. The number of allylic oxidation sites excluding steroid dienone is 2. The Bertz CT molecular complexity index is 405. The lowest BCUT2D eigenvalue weighted by Gasteiger charge is -2.33. The van der Waals surface area contributed by atoms with Gasteiger partial charge in [-0.05, 0) is 48.9 Å². The lowest BCUT2D eigenvalue weighted by atomic mass is 9.71. The molecule has 2 nitrogen and oxygen atoms in total. The van der Waals surface area contributed by atoms with E-state index in [1.54, 1.807) is 11.1 Å². The van der Waals surface area contributed by atoms with Gasteiger partial charge in [-0.15, -0.1) is 0 Å². The highest BCUT2D eigenvalue weighted by molar-refractivity contribution is 5.65. The van der Waals surface area contributed by atoms with Gasteiger partial charge in [0.1, 0.15) is 0 Å². The van der Waals surface area contributed by atoms with Crippen LogP contribution >= 0.6 is 0 Å². The maximum Gasteiger partial charge on any atom is 0.302 e. The van der Waals surface area contributed by atoms with Crippen molar-refractivity contribution in [1.29, 1.82) is 0 Å². The summed E-state index contributed by atoms with van der Waals surface area (Å²) in [6, 6.07) is 0. The Balaban J connectivity index is 2.05. The fraction of sp³-hybridized carbons (Fsp3) is 0.824. The second-order valence-electron chi connectivity index (χ2n) is 7.40. The Kier molecular flexibility index (Phi) is 3.81. The van der Waals surface area contributed by atoms with Gasteiger partial charge in [0.05, 0.1) is 6.61 Å². The molecule has 2 atom stereocenters. The standard InChI is InChI=1S/C17H28O2/c1-12-7-8-14-15(12)17(5,11-16(14,3)4)9-6-10-19-13(2)18/h12H,6-11H2,1-5H3/t12-,17+/m1/s1. The number of carbonyl (C=O) groups is 1. The highest BCUT2D eigenvalue weighted by Gasteiger charge is 2.49. The number of hydrogen-bond acceptors (Lipinski definition) is 2. The average Bonchev–Trinajstić information content (AvgIpc) is 2.75. The Labute approximate surface area is 117 Å². The van der Waals surface area contributed by atoms with Crippen molar-refractivity contribution in [3.63, 3.8) is 0 Å². The minimum atomic E-state index is -0.161. The Morgan fingerprint density at radius 1 is 1.37 bits per heavy atom. The van der Waals surface area contributed by atoms with Crippen molar-refractivity contribution in [1.82, 2.24) is 0 Å². The van der Waals surface area contributed by atoms with E-state index in [2.05, 4.69) is 27.7 Å². The number of hydrogen-bond donors (Lipinski definition) is 0. The fourth-order valence-electron chi connectivity index (χ4n) is 4.68. The first kappa shape index (κ1) is 14.6. The van der Waals surface area contributed by atoms with Gasteiger partial charge in [0, 0.05) is 6.92 Å². The summed E-state index contributed by atoms with van der Waals surface area (Å²) in [6.45, 7) is 11.7. The maximum absolute atomic E-state index is 10.8. The third-order valence-electron chi connectivity index (χ3n) is 5.12. The van der Waals surface area contributed by atoms with E-state index in [1.165, 1.54) is 26.2 Å². The SMILES string of the molecule is CC(=O)OCCC[C@@]1(C)CC(C)(C)C2=C1[C@H](C)CC2. The molecule has 0 spiro atoms. The molecule has 0 aromatic heterocycles. The molecular weight excluding hydrogens is 236 g/mol. The number of carbonyl (C=O) groups excluding carboxylic acids is 1. The number of ether oxygens (including phenoxy) is 1. The Morgan fingerprint density at radius 3 is 2.68 bits per heavy atom. The summed E-state index contributed by atoms with van der Waals surface area (Å²) in [5, 5.41) is 0. The molecule has 0 aromatic carbocycles. The quantitative estimate of drug-likeness (QED) is 0.425. The number of rotatable bonds is 4. The molecule has 0 heterocycles. The van der Waals surface area contributed by atoms with Crippen LogP contribution in [0.4, 0.5) is 0 Å². The lowest BCUT2D eigenvalue weighted by Crippen LogP contribution is -2.23. The molecule has 0 saturated carbocycles. The van der Waals surface area contributed by atoms with Crippen LogP contribution in [-0.2, 0) is 9.53 Å². The van der Waals surface area contributed by atoms with Crippen LogP contribution < -0.4 is 0 Å². The second-order valence-corrected chi connectivity index (χ2v) is 7.40. The minimum Gasteiger partial charge on any atom is -0.466 e. The van der Waals surface area contributed by atoms with Crippen molar-refractivity contribution in [2.45, 2.75) is 66.7 Å². The Hall–Kier alpha value is -0.790. The molecular formula is C17H28O2. The molecule has 0 fully saturated rings. The van der Waals surface area contributed by atoms with Crippen molar-refractivity contribution in [3.8, 4) is 0 Å². The van der Waals surface area contributed by atoms with Gasteiger partial charge in [-0.1, -0.05) is 38.8 Å². The highest BCUT2D eigenvalue weighted by atomic mass is 16.5. The monoisotopic (exact) mass is 264 g/mol. The predicted molar refractivity (Wildman–Crippen MR) is 77.8 cm³/mol. The van der Waals surface area contributed by atoms with Crippen molar-refractivity contribution < 1.29 is 9.53 Å². The number of esters is 1. The summed E-state index contributed by atoms with van der Waals surface area (Å²) in [4.78, 5) is 10.8. The van der Waals surface area contributed by atoms with Crippen molar-refractivity contribution in [2.24, 2.45) is 16.7 Å². The fourth-order valence-corrected chi connectivity index (χ4v) is 4.68. The third-order valence-corrected chi connectivity index (χ3v) is 5.12. The van der Waals surface area contributed by atoms with Crippen LogP contribution in [0.5, 0.6) is 0 Å². The van der Waals surface area contributed by atoms with Crippen LogP contribution in [0.3, 0.4) is 0 Å². The molecule has 0 unspecified atom stereocenters. The first-order chi connectivity index (χ1) is 8.76. The predicted octanol–water partition coefficient (Wildman–Crippen LogP) is 4.49. The Morgan fingerprint density at radius 2 is 2.05 bits per heavy atom. The van der Waals surface area contributed by atoms with Crippen molar-refractivity contribution in [3.05, 3.63) is 11.1 Å². The summed E-state index contributed by atoms with van der Waals surface area (Å²) in [7, 11) is 0. The molecule has 2 heteroatoms. The summed E-state index contributed by atoms with van der Waals surface area (Å²) in [5.41, 5.74) is 4.17. The maximum atomic E-state index is 10.8. The van der Waals surface area contributed by atoms with Gasteiger partial charge in [-0.25, -0.2) is 0 Å². The van der Waals surface area contributed by atoms with Crippen LogP contribution in [0.2, 0.25) is 0 Å². The van der Waals surface area contributed by atoms with Gasteiger partial charge < -0.3 is 4.74 Å². The van der Waals surface area contributed by atoms with E-state index in [-0.39, 0.29) is 5.97 Å². The van der Waals surface area contributed by atoms with E-state index >= 15 is 0 Å². The summed E-state index contributed by atoms with van der Waals surface area (Å²) >= 11 is 0. The summed E-state index contributed by atoms with van der Waals surface area (Å²) in [5.74, 6) is 0.585. The zero-order valence-corrected chi connectivity index (χ0v) is 13.1. The molecule has 0 aliphatic heterocycles. The van der Waals surface area contributed by atoms with Crippen LogP contribution in [0.15, 0.2) is 11.1 Å². The smallest absolute Gasteiger partial charge is 0.302 e. The molecule has 2 rings (SSSR count). The van der Waals surface area contributed by atoms with Crippen LogP contribution in [0, 0.1) is 16.7 Å². The van der Waals surface area contributed by atoms with Crippen LogP contribution in [0.25, 0.3) is 0 Å².